The van der Waals surface area contributed by atoms with Crippen LogP contribution in [0.1, 0.15) is 20.3 Å². The summed E-state index contributed by atoms with van der Waals surface area (Å²) in [5, 5.41) is 3.06. The van der Waals surface area contributed by atoms with Crippen LogP contribution in [0.2, 0.25) is 0 Å². The van der Waals surface area contributed by atoms with Crippen molar-refractivity contribution in [1.29, 1.82) is 0 Å². The summed E-state index contributed by atoms with van der Waals surface area (Å²) in [4.78, 5) is 13.3. The highest BCUT2D eigenvalue weighted by molar-refractivity contribution is 5.78. The third-order valence-electron chi connectivity index (χ3n) is 2.36. The Morgan fingerprint density at radius 1 is 1.53 bits per heavy atom. The summed E-state index contributed by atoms with van der Waals surface area (Å²) < 4.78 is 5.47. The average Bonchev–Trinajstić information content (AvgIpc) is 2.20. The summed E-state index contributed by atoms with van der Waals surface area (Å²) in [6.45, 7) is 8.93. The van der Waals surface area contributed by atoms with Crippen molar-refractivity contribution < 1.29 is 9.53 Å². The van der Waals surface area contributed by atoms with Gasteiger partial charge in [0.15, 0.2) is 0 Å². The molecule has 1 amide bonds. The molecule has 1 saturated heterocycles. The summed E-state index contributed by atoms with van der Waals surface area (Å²) in [6, 6.07) is 0. The van der Waals surface area contributed by atoms with Crippen molar-refractivity contribution in [2.45, 2.75) is 20.3 Å². The van der Waals surface area contributed by atoms with Gasteiger partial charge in [-0.1, -0.05) is 13.8 Å². The van der Waals surface area contributed by atoms with E-state index < -0.39 is 0 Å². The Morgan fingerprint density at radius 3 is 3.00 bits per heavy atom. The van der Waals surface area contributed by atoms with Crippen LogP contribution >= 0.6 is 0 Å². The number of nitrogens with one attached hydrogen (secondary N) is 1. The number of carbonyl (C=O) groups excluding carboxylic acids is 1. The Labute approximate surface area is 92.0 Å². The van der Waals surface area contributed by atoms with Gasteiger partial charge in [-0.15, -0.1) is 0 Å². The van der Waals surface area contributed by atoms with Crippen molar-refractivity contribution in [3.8, 4) is 0 Å². The van der Waals surface area contributed by atoms with Gasteiger partial charge in [0, 0.05) is 32.8 Å². The molecule has 88 valence electrons. The normalized spacial score (nSPS) is 17.5. The average molecular weight is 214 g/mol. The van der Waals surface area contributed by atoms with Crippen LogP contribution in [0, 0.1) is 5.92 Å². The molecule has 1 aliphatic rings. The fraction of sp³-hybridized carbons (Fsp3) is 0.909. The van der Waals surface area contributed by atoms with E-state index in [1.807, 2.05) is 4.90 Å². The second-order valence-electron chi connectivity index (χ2n) is 4.38. The Morgan fingerprint density at radius 2 is 2.33 bits per heavy atom. The molecule has 4 nitrogen and oxygen atoms in total. The molecule has 0 bridgehead atoms. The predicted molar refractivity (Wildman–Crippen MR) is 59.7 cm³/mol. The SMILES string of the molecule is CC(C)COCCCN1CCNCC1=O. The van der Waals surface area contributed by atoms with Crippen LogP contribution in [0.4, 0.5) is 0 Å². The zero-order valence-electron chi connectivity index (χ0n) is 9.79. The van der Waals surface area contributed by atoms with Gasteiger partial charge in [-0.3, -0.25) is 4.79 Å². The monoisotopic (exact) mass is 214 g/mol. The van der Waals surface area contributed by atoms with E-state index >= 15 is 0 Å². The van der Waals surface area contributed by atoms with E-state index in [1.54, 1.807) is 0 Å². The largest absolute Gasteiger partial charge is 0.381 e. The van der Waals surface area contributed by atoms with Crippen molar-refractivity contribution in [2.24, 2.45) is 5.92 Å². The van der Waals surface area contributed by atoms with Gasteiger partial charge in [-0.05, 0) is 12.3 Å². The van der Waals surface area contributed by atoms with E-state index in [9.17, 15) is 4.79 Å². The molecule has 0 radical (unpaired) electrons. The Balaban J connectivity index is 2.01. The number of amides is 1. The van der Waals surface area contributed by atoms with E-state index in [-0.39, 0.29) is 5.91 Å². The van der Waals surface area contributed by atoms with E-state index in [0.717, 1.165) is 39.3 Å². The minimum absolute atomic E-state index is 0.213. The van der Waals surface area contributed by atoms with E-state index in [2.05, 4.69) is 19.2 Å². The standard InChI is InChI=1S/C11H22N2O2/c1-10(2)9-15-7-3-5-13-6-4-12-8-11(13)14/h10,12H,3-9H2,1-2H3. The first-order valence-corrected chi connectivity index (χ1v) is 5.76. The first-order valence-electron chi connectivity index (χ1n) is 5.76. The van der Waals surface area contributed by atoms with Gasteiger partial charge in [0.25, 0.3) is 0 Å². The second-order valence-corrected chi connectivity index (χ2v) is 4.38. The van der Waals surface area contributed by atoms with Crippen molar-refractivity contribution in [3.63, 3.8) is 0 Å². The summed E-state index contributed by atoms with van der Waals surface area (Å²) in [6.07, 6.45) is 0.943. The third kappa shape index (κ3) is 5.14. The number of ether oxygens (including phenoxy) is 1. The highest BCUT2D eigenvalue weighted by Crippen LogP contribution is 1.98. The molecule has 0 aromatic heterocycles. The molecule has 0 unspecified atom stereocenters. The van der Waals surface area contributed by atoms with Gasteiger partial charge in [0.1, 0.15) is 0 Å². The Bertz CT molecular complexity index is 195. The van der Waals surface area contributed by atoms with Crippen molar-refractivity contribution in [1.82, 2.24) is 10.2 Å². The lowest BCUT2D eigenvalue weighted by atomic mass is 10.2. The van der Waals surface area contributed by atoms with Gasteiger partial charge in [0.05, 0.1) is 6.54 Å². The zero-order chi connectivity index (χ0) is 11.1. The van der Waals surface area contributed by atoms with Crippen LogP contribution in [0.3, 0.4) is 0 Å². The fourth-order valence-corrected chi connectivity index (χ4v) is 1.56. The molecule has 4 heteroatoms. The summed E-state index contributed by atoms with van der Waals surface area (Å²) in [5.74, 6) is 0.802. The van der Waals surface area contributed by atoms with Gasteiger partial charge in [-0.25, -0.2) is 0 Å². The van der Waals surface area contributed by atoms with E-state index in [4.69, 9.17) is 4.74 Å². The van der Waals surface area contributed by atoms with Gasteiger partial charge < -0.3 is 15.0 Å². The van der Waals surface area contributed by atoms with Crippen molar-refractivity contribution in [3.05, 3.63) is 0 Å². The highest BCUT2D eigenvalue weighted by Gasteiger charge is 2.16. The second kappa shape index (κ2) is 6.80. The van der Waals surface area contributed by atoms with Crippen LogP contribution in [-0.2, 0) is 9.53 Å². The quantitative estimate of drug-likeness (QED) is 0.654. The number of nitrogens with zero attached hydrogens (tertiary/aromatic N) is 1. The minimum atomic E-state index is 0.213. The molecule has 0 spiro atoms. The van der Waals surface area contributed by atoms with E-state index in [1.165, 1.54) is 0 Å². The summed E-state index contributed by atoms with van der Waals surface area (Å²) in [7, 11) is 0. The molecular formula is C11H22N2O2. The molecule has 1 N–H and O–H groups in total. The lowest BCUT2D eigenvalue weighted by Crippen LogP contribution is -2.48. The molecule has 0 aromatic carbocycles. The van der Waals surface area contributed by atoms with Crippen molar-refractivity contribution >= 4 is 5.91 Å². The zero-order valence-corrected chi connectivity index (χ0v) is 9.79. The maximum absolute atomic E-state index is 11.4. The van der Waals surface area contributed by atoms with Crippen LogP contribution in [0.15, 0.2) is 0 Å². The number of piperazine rings is 1. The van der Waals surface area contributed by atoms with Crippen molar-refractivity contribution in [2.75, 3.05) is 39.4 Å². The van der Waals surface area contributed by atoms with Crippen LogP contribution in [-0.4, -0.2) is 50.2 Å². The number of carbonyl (C=O) groups is 1. The lowest BCUT2D eigenvalue weighted by Gasteiger charge is -2.27. The molecular weight excluding hydrogens is 192 g/mol. The molecule has 1 rings (SSSR count). The minimum Gasteiger partial charge on any atom is -0.381 e. The molecule has 0 atom stereocenters. The van der Waals surface area contributed by atoms with E-state index in [0.29, 0.717) is 12.5 Å². The summed E-state index contributed by atoms with van der Waals surface area (Å²) in [5.41, 5.74) is 0. The molecule has 0 saturated carbocycles. The highest BCUT2D eigenvalue weighted by atomic mass is 16.5. The smallest absolute Gasteiger partial charge is 0.236 e. The fourth-order valence-electron chi connectivity index (χ4n) is 1.56. The first-order chi connectivity index (χ1) is 7.20. The molecule has 1 heterocycles. The Hall–Kier alpha value is -0.610. The molecule has 0 aromatic rings. The molecule has 1 fully saturated rings. The first kappa shape index (κ1) is 12.5. The van der Waals surface area contributed by atoms with Crippen LogP contribution < -0.4 is 5.32 Å². The van der Waals surface area contributed by atoms with Gasteiger partial charge >= 0.3 is 0 Å². The third-order valence-corrected chi connectivity index (χ3v) is 2.36. The maximum atomic E-state index is 11.4. The molecule has 0 aliphatic carbocycles. The predicted octanol–water partition coefficient (Wildman–Crippen LogP) is 0.481. The molecule has 1 aliphatic heterocycles. The topological polar surface area (TPSA) is 41.6 Å². The summed E-state index contributed by atoms with van der Waals surface area (Å²) >= 11 is 0. The Kier molecular flexibility index (Phi) is 5.65. The van der Waals surface area contributed by atoms with Gasteiger partial charge in [0.2, 0.25) is 5.91 Å². The van der Waals surface area contributed by atoms with Crippen LogP contribution in [0.5, 0.6) is 0 Å². The lowest BCUT2D eigenvalue weighted by molar-refractivity contribution is -0.132. The van der Waals surface area contributed by atoms with Gasteiger partial charge in [-0.2, -0.15) is 0 Å². The van der Waals surface area contributed by atoms with Crippen LogP contribution in [0.25, 0.3) is 0 Å². The number of hydrogen-bond donors (Lipinski definition) is 1. The molecule has 15 heavy (non-hydrogen) atoms. The number of rotatable bonds is 6. The maximum Gasteiger partial charge on any atom is 0.236 e. The number of hydrogen-bond acceptors (Lipinski definition) is 3.